The van der Waals surface area contributed by atoms with Crippen LogP contribution in [0.4, 0.5) is 0 Å². The van der Waals surface area contributed by atoms with Crippen LogP contribution in [0.1, 0.15) is 73.8 Å². The number of aliphatic imine (C=N–C) groups is 1. The number of allylic oxidation sites excluding steroid dienone is 2. The molecule has 1 aromatic heterocycles. The molecule has 1 unspecified atom stereocenters. The summed E-state index contributed by atoms with van der Waals surface area (Å²) in [5.41, 5.74) is 18.3. The molecule has 6 rings (SSSR count). The van der Waals surface area contributed by atoms with Crippen LogP contribution >= 0.6 is 0 Å². The first-order chi connectivity index (χ1) is 20.8. The maximum Gasteiger partial charge on any atom is 0.0771 e. The highest BCUT2D eigenvalue weighted by atomic mass is 15.1. The van der Waals surface area contributed by atoms with Gasteiger partial charge in [0.25, 0.3) is 0 Å². The van der Waals surface area contributed by atoms with E-state index < -0.39 is 0 Å². The lowest BCUT2D eigenvalue weighted by molar-refractivity contribution is 0.506. The van der Waals surface area contributed by atoms with Gasteiger partial charge in [0.05, 0.1) is 11.7 Å². The van der Waals surface area contributed by atoms with E-state index in [0.29, 0.717) is 6.17 Å². The SMILES string of the molecule is C=C1CCC(NCC2=C(CC)N=C(c3cccc(-c4cccc5c(-c6cc(C)c(C)c(CC)c6)cn(C)c45)c3C)CC2)N1. The predicted molar refractivity (Wildman–Crippen MR) is 184 cm³/mol. The monoisotopic (exact) mass is 570 g/mol. The number of hydrogen-bond acceptors (Lipinski definition) is 3. The maximum absolute atomic E-state index is 5.28. The zero-order valence-corrected chi connectivity index (χ0v) is 26.8. The lowest BCUT2D eigenvalue weighted by atomic mass is 9.89. The Morgan fingerprint density at radius 3 is 2.42 bits per heavy atom. The summed E-state index contributed by atoms with van der Waals surface area (Å²) in [6.45, 7) is 16.2. The van der Waals surface area contributed by atoms with Gasteiger partial charge >= 0.3 is 0 Å². The van der Waals surface area contributed by atoms with Crippen LogP contribution < -0.4 is 10.6 Å². The Morgan fingerprint density at radius 1 is 0.907 bits per heavy atom. The molecule has 4 aromatic rings. The topological polar surface area (TPSA) is 41.4 Å². The molecule has 4 nitrogen and oxygen atoms in total. The van der Waals surface area contributed by atoms with Gasteiger partial charge in [-0.05, 0) is 104 Å². The molecule has 3 heterocycles. The lowest BCUT2D eigenvalue weighted by Crippen LogP contribution is -2.38. The normalized spacial score (nSPS) is 17.1. The molecule has 0 spiro atoms. The number of fused-ring (bicyclic) bond motifs is 1. The fraction of sp³-hybridized carbons (Fsp3) is 0.359. The number of rotatable bonds is 8. The van der Waals surface area contributed by atoms with Crippen molar-refractivity contribution in [3.8, 4) is 22.3 Å². The van der Waals surface area contributed by atoms with Crippen LogP contribution in [-0.2, 0) is 13.5 Å². The zero-order valence-electron chi connectivity index (χ0n) is 26.8. The van der Waals surface area contributed by atoms with Crippen LogP contribution in [0, 0.1) is 20.8 Å². The first-order valence-corrected chi connectivity index (χ1v) is 16.0. The Kier molecular flexibility index (Phi) is 8.15. The summed E-state index contributed by atoms with van der Waals surface area (Å²) in [5.74, 6) is 0. The highest BCUT2D eigenvalue weighted by molar-refractivity contribution is 6.07. The second kappa shape index (κ2) is 12.0. The molecule has 4 heteroatoms. The second-order valence-electron chi connectivity index (χ2n) is 12.4. The van der Waals surface area contributed by atoms with E-state index in [0.717, 1.165) is 50.8 Å². The van der Waals surface area contributed by atoms with Crippen molar-refractivity contribution in [1.29, 1.82) is 0 Å². The highest BCUT2D eigenvalue weighted by Gasteiger charge is 2.22. The number of aryl methyl sites for hydroxylation is 3. The Labute approximate surface area is 257 Å². The lowest BCUT2D eigenvalue weighted by Gasteiger charge is -2.23. The molecule has 1 saturated heterocycles. The van der Waals surface area contributed by atoms with Crippen molar-refractivity contribution in [3.63, 3.8) is 0 Å². The minimum absolute atomic E-state index is 0.326. The minimum atomic E-state index is 0.326. The number of para-hydroxylation sites is 1. The summed E-state index contributed by atoms with van der Waals surface area (Å²) in [5, 5.41) is 8.46. The number of nitrogens with zero attached hydrogens (tertiary/aromatic N) is 2. The average Bonchev–Trinajstić information content (AvgIpc) is 3.59. The largest absolute Gasteiger partial charge is 0.374 e. The van der Waals surface area contributed by atoms with E-state index in [4.69, 9.17) is 4.99 Å². The van der Waals surface area contributed by atoms with Crippen LogP contribution in [0.5, 0.6) is 0 Å². The molecule has 0 bridgehead atoms. The third kappa shape index (κ3) is 5.49. The Balaban J connectivity index is 1.37. The minimum Gasteiger partial charge on any atom is -0.374 e. The second-order valence-corrected chi connectivity index (χ2v) is 12.4. The van der Waals surface area contributed by atoms with Gasteiger partial charge in [0, 0.05) is 53.4 Å². The van der Waals surface area contributed by atoms with Gasteiger partial charge in [-0.15, -0.1) is 0 Å². The summed E-state index contributed by atoms with van der Waals surface area (Å²) in [6.07, 6.45) is 8.83. The van der Waals surface area contributed by atoms with Gasteiger partial charge in [-0.3, -0.25) is 10.3 Å². The third-order valence-electron chi connectivity index (χ3n) is 9.75. The molecule has 43 heavy (non-hydrogen) atoms. The van der Waals surface area contributed by atoms with Crippen LogP contribution in [-0.4, -0.2) is 23.0 Å². The molecule has 0 aliphatic carbocycles. The Morgan fingerprint density at radius 2 is 1.67 bits per heavy atom. The quantitative estimate of drug-likeness (QED) is 0.222. The van der Waals surface area contributed by atoms with Gasteiger partial charge in [0.15, 0.2) is 0 Å². The molecule has 1 fully saturated rings. The summed E-state index contributed by atoms with van der Waals surface area (Å²) in [7, 11) is 2.19. The molecule has 3 aromatic carbocycles. The van der Waals surface area contributed by atoms with Crippen LogP contribution in [0.25, 0.3) is 33.2 Å². The van der Waals surface area contributed by atoms with Crippen molar-refractivity contribution in [3.05, 3.63) is 106 Å². The number of aromatic nitrogens is 1. The van der Waals surface area contributed by atoms with E-state index in [1.54, 1.807) is 0 Å². The molecule has 0 saturated carbocycles. The maximum atomic E-state index is 5.28. The fourth-order valence-corrected chi connectivity index (χ4v) is 7.15. The van der Waals surface area contributed by atoms with Crippen molar-refractivity contribution in [2.24, 2.45) is 12.0 Å². The molecule has 0 radical (unpaired) electrons. The van der Waals surface area contributed by atoms with Gasteiger partial charge in [0.1, 0.15) is 0 Å². The van der Waals surface area contributed by atoms with Crippen molar-refractivity contribution in [2.75, 3.05) is 6.54 Å². The van der Waals surface area contributed by atoms with Crippen LogP contribution in [0.3, 0.4) is 0 Å². The molecular weight excluding hydrogens is 524 g/mol. The van der Waals surface area contributed by atoms with E-state index in [-0.39, 0.29) is 0 Å². The van der Waals surface area contributed by atoms with Gasteiger partial charge in [-0.25, -0.2) is 0 Å². The van der Waals surface area contributed by atoms with Gasteiger partial charge in [-0.2, -0.15) is 0 Å². The molecule has 222 valence electrons. The summed E-state index contributed by atoms with van der Waals surface area (Å²) >= 11 is 0. The number of hydrogen-bond donors (Lipinski definition) is 2. The Hall–Kier alpha value is -3.89. The van der Waals surface area contributed by atoms with E-state index in [2.05, 4.69) is 118 Å². The average molecular weight is 571 g/mol. The first kappa shape index (κ1) is 29.2. The predicted octanol–water partition coefficient (Wildman–Crippen LogP) is 9.06. The zero-order chi connectivity index (χ0) is 30.2. The van der Waals surface area contributed by atoms with Crippen molar-refractivity contribution < 1.29 is 0 Å². The van der Waals surface area contributed by atoms with Gasteiger partial charge < -0.3 is 9.88 Å². The third-order valence-corrected chi connectivity index (χ3v) is 9.75. The molecule has 1 atom stereocenters. The van der Waals surface area contributed by atoms with Gasteiger partial charge in [0.2, 0.25) is 0 Å². The van der Waals surface area contributed by atoms with E-state index in [1.807, 2.05) is 0 Å². The summed E-state index contributed by atoms with van der Waals surface area (Å²) in [6, 6.07) is 18.3. The first-order valence-electron chi connectivity index (χ1n) is 16.0. The molecule has 0 amide bonds. The molecule has 2 aliphatic rings. The van der Waals surface area contributed by atoms with Crippen molar-refractivity contribution in [1.82, 2.24) is 15.2 Å². The number of nitrogens with one attached hydrogen (secondary N) is 2. The molecule has 2 N–H and O–H groups in total. The van der Waals surface area contributed by atoms with Crippen molar-refractivity contribution in [2.45, 2.75) is 79.3 Å². The van der Waals surface area contributed by atoms with E-state index in [9.17, 15) is 0 Å². The fourth-order valence-electron chi connectivity index (χ4n) is 7.15. The standard InChI is InChI=1S/C39H46N4/c1-8-28-21-30(20-24(3)26(28)5)35-23-43(7)39-33(14-11-15-34(35)39)31-12-10-13-32(27(31)6)37-18-17-29(36(9-2)42-37)22-40-38-19-16-25(4)41-38/h10-15,20-21,23,38,40-41H,4,8-9,16-19,22H2,1-3,5-7H3. The number of benzene rings is 3. The molecular formula is C39H46N4. The Bertz CT molecular complexity index is 1780. The van der Waals surface area contributed by atoms with E-state index >= 15 is 0 Å². The van der Waals surface area contributed by atoms with E-state index in [1.165, 1.54) is 78.0 Å². The summed E-state index contributed by atoms with van der Waals surface area (Å²) in [4.78, 5) is 5.28. The smallest absolute Gasteiger partial charge is 0.0771 e. The summed E-state index contributed by atoms with van der Waals surface area (Å²) < 4.78 is 2.32. The van der Waals surface area contributed by atoms with Crippen LogP contribution in [0.2, 0.25) is 0 Å². The van der Waals surface area contributed by atoms with Crippen molar-refractivity contribution >= 4 is 16.6 Å². The van der Waals surface area contributed by atoms with Crippen LogP contribution in [0.15, 0.2) is 83.3 Å². The molecule has 2 aliphatic heterocycles. The van der Waals surface area contributed by atoms with Gasteiger partial charge in [-0.1, -0.05) is 69.0 Å². The highest BCUT2D eigenvalue weighted by Crippen LogP contribution is 2.39.